The summed E-state index contributed by atoms with van der Waals surface area (Å²) < 4.78 is 5.74. The molecule has 112 valence electrons. The Labute approximate surface area is 127 Å². The van der Waals surface area contributed by atoms with E-state index in [0.717, 1.165) is 22.1 Å². The predicted molar refractivity (Wildman–Crippen MR) is 83.8 cm³/mol. The van der Waals surface area contributed by atoms with Crippen LogP contribution in [0, 0.1) is 13.8 Å². The Hall–Kier alpha value is -2.66. The molecule has 0 radical (unpaired) electrons. The van der Waals surface area contributed by atoms with Gasteiger partial charge in [0.2, 0.25) is 0 Å². The van der Waals surface area contributed by atoms with Crippen LogP contribution in [0.3, 0.4) is 0 Å². The van der Waals surface area contributed by atoms with Crippen LogP contribution in [0.1, 0.15) is 27.2 Å². The van der Waals surface area contributed by atoms with E-state index in [-0.39, 0.29) is 18.3 Å². The minimum absolute atomic E-state index is 0.170. The minimum atomic E-state index is -0.351. The number of nitrogens with zero attached hydrogens (tertiary/aromatic N) is 1. The number of aryl methyl sites for hydroxylation is 2. The molecule has 5 heteroatoms. The second-order valence-electron chi connectivity index (χ2n) is 5.15. The van der Waals surface area contributed by atoms with Gasteiger partial charge in [-0.3, -0.25) is 9.78 Å². The van der Waals surface area contributed by atoms with Crippen molar-refractivity contribution in [2.45, 2.75) is 20.5 Å². The van der Waals surface area contributed by atoms with E-state index in [1.165, 1.54) is 6.20 Å². The summed E-state index contributed by atoms with van der Waals surface area (Å²) in [7, 11) is 0. The second-order valence-corrected chi connectivity index (χ2v) is 5.15. The number of hydrogen-bond donors (Lipinski definition) is 2. The summed E-state index contributed by atoms with van der Waals surface area (Å²) in [6.45, 7) is 3.63. The first-order valence-corrected chi connectivity index (χ1v) is 6.95. The molecule has 22 heavy (non-hydrogen) atoms. The summed E-state index contributed by atoms with van der Waals surface area (Å²) in [6.07, 6.45) is 3.07. The van der Waals surface area contributed by atoms with Crippen molar-refractivity contribution >= 4 is 22.6 Å². The van der Waals surface area contributed by atoms with Gasteiger partial charge in [0.15, 0.2) is 5.76 Å². The van der Waals surface area contributed by atoms with Crippen LogP contribution >= 0.6 is 0 Å². The van der Waals surface area contributed by atoms with Gasteiger partial charge in [-0.05, 0) is 25.5 Å². The summed E-state index contributed by atoms with van der Waals surface area (Å²) in [6, 6.07) is 7.47. The highest BCUT2D eigenvalue weighted by atomic mass is 16.3. The van der Waals surface area contributed by atoms with Crippen molar-refractivity contribution in [1.29, 1.82) is 0 Å². The van der Waals surface area contributed by atoms with Gasteiger partial charge in [-0.15, -0.1) is 0 Å². The largest absolute Gasteiger partial charge is 0.450 e. The number of furan rings is 1. The number of amides is 1. The van der Waals surface area contributed by atoms with Gasteiger partial charge in [-0.2, -0.15) is 0 Å². The molecule has 0 atom stereocenters. The van der Waals surface area contributed by atoms with Crippen LogP contribution < -0.4 is 5.32 Å². The predicted octanol–water partition coefficient (Wildman–Crippen LogP) is 3.19. The van der Waals surface area contributed by atoms with Crippen molar-refractivity contribution in [2.24, 2.45) is 0 Å². The van der Waals surface area contributed by atoms with E-state index < -0.39 is 0 Å². The van der Waals surface area contributed by atoms with Gasteiger partial charge >= 0.3 is 0 Å². The summed E-state index contributed by atoms with van der Waals surface area (Å²) in [5.41, 5.74) is 3.58. The SMILES string of the molecule is Cc1c(C(=O)Nc2cnccc2CO)oc2c(C)cccc12. The van der Waals surface area contributed by atoms with Crippen LogP contribution in [0.5, 0.6) is 0 Å². The fourth-order valence-corrected chi connectivity index (χ4v) is 2.45. The van der Waals surface area contributed by atoms with Crippen molar-refractivity contribution in [3.05, 3.63) is 59.1 Å². The van der Waals surface area contributed by atoms with Gasteiger partial charge in [0.1, 0.15) is 5.58 Å². The number of anilines is 1. The molecule has 0 fully saturated rings. The van der Waals surface area contributed by atoms with Crippen LogP contribution in [0.15, 0.2) is 41.1 Å². The first-order valence-electron chi connectivity index (χ1n) is 6.95. The average Bonchev–Trinajstić information content (AvgIpc) is 2.87. The molecule has 0 spiro atoms. The fourth-order valence-electron chi connectivity index (χ4n) is 2.45. The Morgan fingerprint density at radius 1 is 1.32 bits per heavy atom. The fraction of sp³-hybridized carbons (Fsp3) is 0.176. The molecule has 1 amide bonds. The van der Waals surface area contributed by atoms with E-state index in [9.17, 15) is 9.90 Å². The highest BCUT2D eigenvalue weighted by Gasteiger charge is 2.19. The number of fused-ring (bicyclic) bond motifs is 1. The summed E-state index contributed by atoms with van der Waals surface area (Å²) >= 11 is 0. The van der Waals surface area contributed by atoms with Crippen molar-refractivity contribution in [3.8, 4) is 0 Å². The molecule has 0 aliphatic heterocycles. The molecule has 2 N–H and O–H groups in total. The molecule has 2 heterocycles. The number of hydrogen-bond acceptors (Lipinski definition) is 4. The number of nitrogens with one attached hydrogen (secondary N) is 1. The lowest BCUT2D eigenvalue weighted by molar-refractivity contribution is 0.0997. The van der Waals surface area contributed by atoms with Crippen LogP contribution in [-0.2, 0) is 6.61 Å². The van der Waals surface area contributed by atoms with Gasteiger partial charge in [0.25, 0.3) is 5.91 Å². The smallest absolute Gasteiger partial charge is 0.291 e. The third kappa shape index (κ3) is 2.35. The number of carbonyl (C=O) groups is 1. The number of carbonyl (C=O) groups excluding carboxylic acids is 1. The third-order valence-corrected chi connectivity index (χ3v) is 3.70. The van der Waals surface area contributed by atoms with Gasteiger partial charge in [0.05, 0.1) is 18.5 Å². The molecule has 0 saturated carbocycles. The molecule has 0 aliphatic rings. The molecule has 3 aromatic rings. The molecule has 2 aromatic heterocycles. The lowest BCUT2D eigenvalue weighted by Crippen LogP contribution is -2.13. The summed E-state index contributed by atoms with van der Waals surface area (Å²) in [5.74, 6) is -0.0761. The Morgan fingerprint density at radius 2 is 2.14 bits per heavy atom. The number of benzene rings is 1. The first-order chi connectivity index (χ1) is 10.6. The van der Waals surface area contributed by atoms with Gasteiger partial charge < -0.3 is 14.8 Å². The lowest BCUT2D eigenvalue weighted by Gasteiger charge is -2.07. The zero-order valence-corrected chi connectivity index (χ0v) is 12.4. The number of aliphatic hydroxyl groups is 1. The van der Waals surface area contributed by atoms with Gasteiger partial charge in [-0.25, -0.2) is 0 Å². The zero-order chi connectivity index (χ0) is 15.7. The van der Waals surface area contributed by atoms with Crippen LogP contribution in [0.25, 0.3) is 11.0 Å². The number of pyridine rings is 1. The number of aliphatic hydroxyl groups excluding tert-OH is 1. The summed E-state index contributed by atoms with van der Waals surface area (Å²) in [4.78, 5) is 16.4. The van der Waals surface area contributed by atoms with Gasteiger partial charge in [-0.1, -0.05) is 18.2 Å². The molecule has 0 bridgehead atoms. The Morgan fingerprint density at radius 3 is 2.86 bits per heavy atom. The second kappa shape index (κ2) is 5.61. The molecule has 3 rings (SSSR count). The first kappa shape index (κ1) is 14.3. The van der Waals surface area contributed by atoms with E-state index in [2.05, 4.69) is 10.3 Å². The average molecular weight is 296 g/mol. The van der Waals surface area contributed by atoms with E-state index in [4.69, 9.17) is 4.42 Å². The highest BCUT2D eigenvalue weighted by Crippen LogP contribution is 2.28. The van der Waals surface area contributed by atoms with Crippen molar-refractivity contribution in [3.63, 3.8) is 0 Å². The van der Waals surface area contributed by atoms with Crippen molar-refractivity contribution in [2.75, 3.05) is 5.32 Å². The standard InChI is InChI=1S/C17H16N2O3/c1-10-4-3-5-13-11(2)16(22-15(10)13)17(21)19-14-8-18-7-6-12(14)9-20/h3-8,20H,9H2,1-2H3,(H,19,21). The Kier molecular flexibility index (Phi) is 3.65. The molecular weight excluding hydrogens is 280 g/mol. The van der Waals surface area contributed by atoms with E-state index in [0.29, 0.717) is 11.3 Å². The topological polar surface area (TPSA) is 75.4 Å². The quantitative estimate of drug-likeness (QED) is 0.778. The van der Waals surface area contributed by atoms with Crippen molar-refractivity contribution < 1.29 is 14.3 Å². The van der Waals surface area contributed by atoms with Crippen LogP contribution in [0.4, 0.5) is 5.69 Å². The Bertz CT molecular complexity index is 852. The van der Waals surface area contributed by atoms with E-state index >= 15 is 0 Å². The lowest BCUT2D eigenvalue weighted by atomic mass is 10.1. The molecule has 0 saturated heterocycles. The minimum Gasteiger partial charge on any atom is -0.450 e. The van der Waals surface area contributed by atoms with E-state index in [1.807, 2.05) is 32.0 Å². The molecule has 0 aliphatic carbocycles. The number of aromatic nitrogens is 1. The molecular formula is C17H16N2O3. The van der Waals surface area contributed by atoms with Crippen LogP contribution in [-0.4, -0.2) is 16.0 Å². The zero-order valence-electron chi connectivity index (χ0n) is 12.4. The van der Waals surface area contributed by atoms with Crippen LogP contribution in [0.2, 0.25) is 0 Å². The third-order valence-electron chi connectivity index (χ3n) is 3.70. The number of para-hydroxylation sites is 1. The molecule has 1 aromatic carbocycles. The molecule has 0 unspecified atom stereocenters. The maximum atomic E-state index is 12.5. The summed E-state index contributed by atoms with van der Waals surface area (Å²) in [5, 5.41) is 13.0. The maximum Gasteiger partial charge on any atom is 0.291 e. The molecule has 5 nitrogen and oxygen atoms in total. The van der Waals surface area contributed by atoms with Crippen molar-refractivity contribution in [1.82, 2.24) is 4.98 Å². The number of rotatable bonds is 3. The normalized spacial score (nSPS) is 10.9. The maximum absolute atomic E-state index is 12.5. The monoisotopic (exact) mass is 296 g/mol. The Balaban J connectivity index is 1.99. The highest BCUT2D eigenvalue weighted by molar-refractivity contribution is 6.06. The van der Waals surface area contributed by atoms with Gasteiger partial charge in [0, 0.05) is 22.7 Å². The van der Waals surface area contributed by atoms with E-state index in [1.54, 1.807) is 12.3 Å².